The molecule has 0 fully saturated rings. The number of thiophene rings is 1. The van der Waals surface area contributed by atoms with Crippen molar-refractivity contribution in [2.75, 3.05) is 4.31 Å². The van der Waals surface area contributed by atoms with Crippen LogP contribution < -0.4 is 9.04 Å². The average molecular weight is 431 g/mol. The molecule has 3 aromatic rings. The summed E-state index contributed by atoms with van der Waals surface area (Å²) < 4.78 is 56.6. The van der Waals surface area contributed by atoms with Gasteiger partial charge in [-0.15, -0.1) is 0 Å². The lowest BCUT2D eigenvalue weighted by atomic mass is 10.3. The first-order valence-corrected chi connectivity index (χ1v) is 10.3. The summed E-state index contributed by atoms with van der Waals surface area (Å²) in [5, 5.41) is 3.46. The van der Waals surface area contributed by atoms with Gasteiger partial charge in [0, 0.05) is 6.20 Å². The molecule has 0 aliphatic carbocycles. The highest BCUT2D eigenvalue weighted by Gasteiger charge is 2.26. The van der Waals surface area contributed by atoms with Gasteiger partial charge < -0.3 is 4.74 Å². The number of hydrogen-bond acceptors (Lipinski definition) is 5. The normalized spacial score (nSPS) is 11.6. The molecule has 0 aliphatic rings. The van der Waals surface area contributed by atoms with E-state index in [4.69, 9.17) is 11.6 Å². The Kier molecular flexibility index (Phi) is 5.93. The first kappa shape index (κ1) is 19.5. The van der Waals surface area contributed by atoms with Gasteiger partial charge in [0.05, 0.1) is 28.3 Å². The Labute approximate surface area is 163 Å². The third kappa shape index (κ3) is 4.55. The number of halogens is 3. The van der Waals surface area contributed by atoms with Crippen molar-refractivity contribution < 1.29 is 21.9 Å². The van der Waals surface area contributed by atoms with Crippen molar-refractivity contribution in [1.82, 2.24) is 4.98 Å². The smallest absolute Gasteiger partial charge is 0.387 e. The summed E-state index contributed by atoms with van der Waals surface area (Å²) in [6.07, 6.45) is 2.96. The topological polar surface area (TPSA) is 59.5 Å². The van der Waals surface area contributed by atoms with Crippen LogP contribution in [0, 0.1) is 0 Å². The van der Waals surface area contributed by atoms with Crippen molar-refractivity contribution in [3.05, 3.63) is 70.1 Å². The van der Waals surface area contributed by atoms with Crippen LogP contribution in [0.25, 0.3) is 0 Å². The lowest BCUT2D eigenvalue weighted by Crippen LogP contribution is -2.30. The summed E-state index contributed by atoms with van der Waals surface area (Å²) in [6, 6.07) is 8.43. The van der Waals surface area contributed by atoms with E-state index in [9.17, 15) is 17.2 Å². The maximum Gasteiger partial charge on any atom is 0.387 e. The first-order valence-electron chi connectivity index (χ1n) is 7.56. The van der Waals surface area contributed by atoms with Gasteiger partial charge in [-0.1, -0.05) is 11.6 Å². The second-order valence-corrected chi connectivity index (χ2v) is 8.37. The summed E-state index contributed by atoms with van der Waals surface area (Å²) in [6.45, 7) is -2.97. The Bertz CT molecular complexity index is 1000. The third-order valence-electron chi connectivity index (χ3n) is 3.55. The molecule has 2 aromatic heterocycles. The zero-order chi connectivity index (χ0) is 19.4. The molecule has 0 saturated heterocycles. The average Bonchev–Trinajstić information content (AvgIpc) is 3.15. The lowest BCUT2D eigenvalue weighted by Gasteiger charge is -2.24. The van der Waals surface area contributed by atoms with Gasteiger partial charge in [-0.05, 0) is 52.7 Å². The highest BCUT2D eigenvalue weighted by molar-refractivity contribution is 7.92. The Morgan fingerprint density at radius 2 is 2.07 bits per heavy atom. The zero-order valence-corrected chi connectivity index (χ0v) is 16.0. The molecule has 3 rings (SSSR count). The van der Waals surface area contributed by atoms with Crippen molar-refractivity contribution in [2.45, 2.75) is 18.1 Å². The third-order valence-corrected chi connectivity index (χ3v) is 6.34. The Morgan fingerprint density at radius 1 is 1.26 bits per heavy atom. The van der Waals surface area contributed by atoms with E-state index < -0.39 is 16.6 Å². The van der Waals surface area contributed by atoms with Gasteiger partial charge in [-0.3, -0.25) is 9.29 Å². The number of hydrogen-bond donors (Lipinski definition) is 0. The van der Waals surface area contributed by atoms with Crippen molar-refractivity contribution in [3.8, 4) is 5.75 Å². The van der Waals surface area contributed by atoms with Gasteiger partial charge in [0.1, 0.15) is 5.75 Å². The van der Waals surface area contributed by atoms with Gasteiger partial charge in [0.25, 0.3) is 10.0 Å². The maximum atomic E-state index is 13.2. The Morgan fingerprint density at radius 3 is 2.67 bits per heavy atom. The van der Waals surface area contributed by atoms with Gasteiger partial charge in [-0.25, -0.2) is 8.42 Å². The molecule has 10 heteroatoms. The molecule has 27 heavy (non-hydrogen) atoms. The van der Waals surface area contributed by atoms with E-state index in [0.717, 1.165) is 17.7 Å². The van der Waals surface area contributed by atoms with E-state index in [0.29, 0.717) is 5.69 Å². The van der Waals surface area contributed by atoms with Gasteiger partial charge in [0.2, 0.25) is 0 Å². The van der Waals surface area contributed by atoms with Crippen LogP contribution in [0.1, 0.15) is 5.56 Å². The number of ether oxygens (including phenoxy) is 1. The van der Waals surface area contributed by atoms with Gasteiger partial charge in [0.15, 0.2) is 0 Å². The maximum absolute atomic E-state index is 13.2. The first-order chi connectivity index (χ1) is 12.9. The predicted molar refractivity (Wildman–Crippen MR) is 100 cm³/mol. The van der Waals surface area contributed by atoms with Crippen LogP contribution in [0.2, 0.25) is 5.02 Å². The van der Waals surface area contributed by atoms with Crippen LogP contribution in [0.5, 0.6) is 5.75 Å². The standard InChI is InChI=1S/C17H13ClF2N2O3S2/c18-15-8-14(3-4-16(15)25-17(19)20)27(23,24)22(10-12-5-7-26-11-12)13-2-1-6-21-9-13/h1-9,11,17H,10H2. The van der Waals surface area contributed by atoms with E-state index in [1.54, 1.807) is 12.1 Å². The highest BCUT2D eigenvalue weighted by atomic mass is 35.5. The highest BCUT2D eigenvalue weighted by Crippen LogP contribution is 2.32. The van der Waals surface area contributed by atoms with E-state index in [1.807, 2.05) is 16.8 Å². The summed E-state index contributed by atoms with van der Waals surface area (Å²) in [4.78, 5) is 3.83. The molecule has 0 unspecified atom stereocenters. The SMILES string of the molecule is O=S(=O)(c1ccc(OC(F)F)c(Cl)c1)N(Cc1ccsc1)c1cccnc1. The fraction of sp³-hybridized carbons (Fsp3) is 0.118. The number of sulfonamides is 1. The fourth-order valence-corrected chi connectivity index (χ4v) is 4.74. The molecule has 0 atom stereocenters. The lowest BCUT2D eigenvalue weighted by molar-refractivity contribution is -0.0498. The quantitative estimate of drug-likeness (QED) is 0.540. The minimum absolute atomic E-state index is 0.0877. The number of anilines is 1. The van der Waals surface area contributed by atoms with Crippen LogP contribution in [0.15, 0.2) is 64.4 Å². The summed E-state index contributed by atoms with van der Waals surface area (Å²) in [5.41, 5.74) is 1.17. The van der Waals surface area contributed by atoms with Gasteiger partial charge in [-0.2, -0.15) is 20.1 Å². The summed E-state index contributed by atoms with van der Waals surface area (Å²) >= 11 is 7.37. The van der Waals surface area contributed by atoms with Crippen molar-refractivity contribution in [1.29, 1.82) is 0 Å². The number of benzene rings is 1. The minimum Gasteiger partial charge on any atom is -0.433 e. The number of alkyl halides is 2. The van der Waals surface area contributed by atoms with Crippen molar-refractivity contribution >= 4 is 38.6 Å². The van der Waals surface area contributed by atoms with Crippen LogP contribution in [0.3, 0.4) is 0 Å². The molecule has 0 amide bonds. The molecule has 0 bridgehead atoms. The summed E-state index contributed by atoms with van der Waals surface area (Å²) in [5.74, 6) is -0.295. The zero-order valence-electron chi connectivity index (χ0n) is 13.6. The van der Waals surface area contributed by atoms with Crippen molar-refractivity contribution in [3.63, 3.8) is 0 Å². The number of aromatic nitrogens is 1. The van der Waals surface area contributed by atoms with Gasteiger partial charge >= 0.3 is 6.61 Å². The second kappa shape index (κ2) is 8.20. The molecular weight excluding hydrogens is 418 g/mol. The fourth-order valence-electron chi connectivity index (χ4n) is 2.33. The van der Waals surface area contributed by atoms with Crippen LogP contribution in [-0.2, 0) is 16.6 Å². The second-order valence-electron chi connectivity index (χ2n) is 5.33. The molecule has 0 saturated carbocycles. The Hall–Kier alpha value is -2.23. The van der Waals surface area contributed by atoms with Crippen LogP contribution in [-0.4, -0.2) is 20.0 Å². The molecule has 0 spiro atoms. The molecule has 0 N–H and O–H groups in total. The molecule has 0 aliphatic heterocycles. The molecular formula is C17H13ClF2N2O3S2. The van der Waals surface area contributed by atoms with E-state index in [-0.39, 0.29) is 22.2 Å². The number of nitrogens with zero attached hydrogens (tertiary/aromatic N) is 2. The minimum atomic E-state index is -4.03. The largest absolute Gasteiger partial charge is 0.433 e. The predicted octanol–water partition coefficient (Wildman–Crippen LogP) is 4.79. The molecule has 2 heterocycles. The van der Waals surface area contributed by atoms with E-state index in [2.05, 4.69) is 9.72 Å². The van der Waals surface area contributed by atoms with Crippen LogP contribution in [0.4, 0.5) is 14.5 Å². The van der Waals surface area contributed by atoms with E-state index in [1.165, 1.54) is 34.1 Å². The number of pyridine rings is 1. The number of rotatable bonds is 7. The van der Waals surface area contributed by atoms with E-state index >= 15 is 0 Å². The van der Waals surface area contributed by atoms with Crippen LogP contribution >= 0.6 is 22.9 Å². The molecule has 142 valence electrons. The summed E-state index contributed by atoms with van der Waals surface area (Å²) in [7, 11) is -4.03. The molecule has 1 aromatic carbocycles. The van der Waals surface area contributed by atoms with Crippen molar-refractivity contribution in [2.24, 2.45) is 0 Å². The monoisotopic (exact) mass is 430 g/mol. The molecule has 5 nitrogen and oxygen atoms in total. The Balaban J connectivity index is 2.01. The molecule has 0 radical (unpaired) electrons.